The van der Waals surface area contributed by atoms with Crippen molar-refractivity contribution in [3.8, 4) is 0 Å². The van der Waals surface area contributed by atoms with Gasteiger partial charge in [-0.3, -0.25) is 9.78 Å². The molecule has 0 spiro atoms. The topological polar surface area (TPSA) is 109 Å². The lowest BCUT2D eigenvalue weighted by atomic mass is 9.97. The molecule has 0 aromatic carbocycles. The van der Waals surface area contributed by atoms with Crippen LogP contribution >= 0.6 is 24.0 Å². The van der Waals surface area contributed by atoms with Crippen molar-refractivity contribution in [2.45, 2.75) is 32.7 Å². The van der Waals surface area contributed by atoms with Crippen molar-refractivity contribution in [3.05, 3.63) is 54.0 Å². The molecule has 168 valence electrons. The zero-order valence-electron chi connectivity index (χ0n) is 18.0. The first kappa shape index (κ1) is 24.8. The standard InChI is InChI=1S/C22H31N7O.HI/c1-2-24-22(27-13-10-19-9-3-4-11-25-19)28-15-17-7-5-12-26-21(17)29-14-6-8-18(16-29)20(23)30;/h3-5,7,9,11-12,18H,2,6,8,10,13-16H2,1H3,(H2,23,30)(H2,24,27,28);1H. The smallest absolute Gasteiger partial charge is 0.222 e. The monoisotopic (exact) mass is 537 g/mol. The summed E-state index contributed by atoms with van der Waals surface area (Å²) < 4.78 is 0. The molecular formula is C22H32IN7O. The molecule has 1 aliphatic heterocycles. The van der Waals surface area contributed by atoms with E-state index < -0.39 is 0 Å². The van der Waals surface area contributed by atoms with Gasteiger partial charge in [-0.05, 0) is 38.0 Å². The maximum Gasteiger partial charge on any atom is 0.222 e. The fourth-order valence-corrected chi connectivity index (χ4v) is 3.60. The highest BCUT2D eigenvalue weighted by molar-refractivity contribution is 14.0. The summed E-state index contributed by atoms with van der Waals surface area (Å²) >= 11 is 0. The van der Waals surface area contributed by atoms with E-state index in [2.05, 4.69) is 25.5 Å². The Balaban J connectivity index is 0.00000341. The summed E-state index contributed by atoms with van der Waals surface area (Å²) in [5, 5.41) is 6.65. The minimum Gasteiger partial charge on any atom is -0.369 e. The summed E-state index contributed by atoms with van der Waals surface area (Å²) in [5.41, 5.74) is 7.61. The number of hydrogen-bond donors (Lipinski definition) is 3. The van der Waals surface area contributed by atoms with E-state index in [1.54, 1.807) is 6.20 Å². The summed E-state index contributed by atoms with van der Waals surface area (Å²) in [5.74, 6) is 1.29. The second-order valence-corrected chi connectivity index (χ2v) is 7.37. The van der Waals surface area contributed by atoms with Crippen LogP contribution in [0.3, 0.4) is 0 Å². The average molecular weight is 537 g/mol. The molecule has 2 aromatic heterocycles. The molecule has 31 heavy (non-hydrogen) atoms. The number of anilines is 1. The number of piperidine rings is 1. The fourth-order valence-electron chi connectivity index (χ4n) is 3.60. The van der Waals surface area contributed by atoms with Gasteiger partial charge in [-0.1, -0.05) is 12.1 Å². The second kappa shape index (κ2) is 13.1. The minimum absolute atomic E-state index is 0. The maximum absolute atomic E-state index is 11.6. The lowest BCUT2D eigenvalue weighted by molar-refractivity contribution is -0.122. The maximum atomic E-state index is 11.6. The molecule has 0 bridgehead atoms. The largest absolute Gasteiger partial charge is 0.369 e. The molecule has 1 aliphatic rings. The van der Waals surface area contributed by atoms with E-state index in [0.29, 0.717) is 13.1 Å². The molecule has 1 fully saturated rings. The number of nitrogens with two attached hydrogens (primary N) is 1. The van der Waals surface area contributed by atoms with Crippen LogP contribution in [0.15, 0.2) is 47.7 Å². The third kappa shape index (κ3) is 7.64. The molecule has 9 heteroatoms. The van der Waals surface area contributed by atoms with E-state index in [4.69, 9.17) is 10.7 Å². The van der Waals surface area contributed by atoms with Gasteiger partial charge in [0.05, 0.1) is 12.5 Å². The second-order valence-electron chi connectivity index (χ2n) is 7.37. The average Bonchev–Trinajstić information content (AvgIpc) is 2.78. The van der Waals surface area contributed by atoms with Gasteiger partial charge in [-0.2, -0.15) is 0 Å². The number of guanidine groups is 1. The highest BCUT2D eigenvalue weighted by Gasteiger charge is 2.25. The van der Waals surface area contributed by atoms with E-state index in [1.807, 2.05) is 43.5 Å². The van der Waals surface area contributed by atoms with Crippen molar-refractivity contribution >= 4 is 41.7 Å². The van der Waals surface area contributed by atoms with Crippen molar-refractivity contribution in [3.63, 3.8) is 0 Å². The van der Waals surface area contributed by atoms with Crippen LogP contribution in [0.25, 0.3) is 0 Å². The number of pyridine rings is 2. The van der Waals surface area contributed by atoms with Crippen LogP contribution in [0.1, 0.15) is 31.0 Å². The molecule has 1 saturated heterocycles. The highest BCUT2D eigenvalue weighted by Crippen LogP contribution is 2.24. The SMILES string of the molecule is CCNC(=NCc1cccnc1N1CCCC(C(N)=O)C1)NCCc1ccccn1.I. The number of amides is 1. The van der Waals surface area contributed by atoms with E-state index in [0.717, 1.165) is 61.9 Å². The number of nitrogens with one attached hydrogen (secondary N) is 2. The van der Waals surface area contributed by atoms with E-state index in [9.17, 15) is 4.79 Å². The molecule has 1 amide bonds. The molecule has 3 rings (SSSR count). The Morgan fingerprint density at radius 1 is 1.23 bits per heavy atom. The third-order valence-corrected chi connectivity index (χ3v) is 5.14. The van der Waals surface area contributed by atoms with Crippen molar-refractivity contribution in [2.24, 2.45) is 16.6 Å². The Morgan fingerprint density at radius 3 is 2.81 bits per heavy atom. The molecule has 2 aromatic rings. The number of aliphatic imine (C=N–C) groups is 1. The van der Waals surface area contributed by atoms with Gasteiger partial charge in [-0.25, -0.2) is 9.98 Å². The van der Waals surface area contributed by atoms with Crippen molar-refractivity contribution < 1.29 is 4.79 Å². The fraction of sp³-hybridized carbons (Fsp3) is 0.455. The summed E-state index contributed by atoms with van der Waals surface area (Å²) in [6.45, 7) is 5.56. The zero-order chi connectivity index (χ0) is 21.2. The molecule has 3 heterocycles. The summed E-state index contributed by atoms with van der Waals surface area (Å²) in [6, 6.07) is 9.89. The summed E-state index contributed by atoms with van der Waals surface area (Å²) in [7, 11) is 0. The van der Waals surface area contributed by atoms with Gasteiger partial charge in [0.1, 0.15) is 5.82 Å². The summed E-state index contributed by atoms with van der Waals surface area (Å²) in [4.78, 5) is 27.5. The Hall–Kier alpha value is -2.43. The number of rotatable bonds is 8. The zero-order valence-corrected chi connectivity index (χ0v) is 20.3. The predicted molar refractivity (Wildman–Crippen MR) is 135 cm³/mol. The van der Waals surface area contributed by atoms with Crippen LogP contribution in [-0.4, -0.2) is 48.0 Å². The Labute approximate surface area is 201 Å². The molecule has 1 unspecified atom stereocenters. The van der Waals surface area contributed by atoms with Gasteiger partial charge >= 0.3 is 0 Å². The van der Waals surface area contributed by atoms with Gasteiger partial charge in [0.25, 0.3) is 0 Å². The van der Waals surface area contributed by atoms with Gasteiger partial charge in [0.2, 0.25) is 5.91 Å². The number of nitrogens with zero attached hydrogens (tertiary/aromatic N) is 4. The number of aromatic nitrogens is 2. The molecule has 4 N–H and O–H groups in total. The van der Waals surface area contributed by atoms with Crippen LogP contribution in [-0.2, 0) is 17.8 Å². The quantitative estimate of drug-likeness (QED) is 0.271. The number of hydrogen-bond acceptors (Lipinski definition) is 5. The van der Waals surface area contributed by atoms with Crippen molar-refractivity contribution in [2.75, 3.05) is 31.1 Å². The molecule has 0 radical (unpaired) electrons. The number of carbonyl (C=O) groups excluding carboxylic acids is 1. The molecule has 0 aliphatic carbocycles. The summed E-state index contributed by atoms with van der Waals surface area (Å²) in [6.07, 6.45) is 6.20. The first-order valence-electron chi connectivity index (χ1n) is 10.6. The first-order chi connectivity index (χ1) is 14.7. The van der Waals surface area contributed by atoms with Gasteiger partial charge in [0, 0.05) is 56.3 Å². The molecule has 8 nitrogen and oxygen atoms in total. The van der Waals surface area contributed by atoms with Crippen LogP contribution in [0.4, 0.5) is 5.82 Å². The number of primary amides is 1. The molecule has 1 atom stereocenters. The van der Waals surface area contributed by atoms with Crippen LogP contribution in [0, 0.1) is 5.92 Å². The van der Waals surface area contributed by atoms with E-state index in [-0.39, 0.29) is 35.8 Å². The van der Waals surface area contributed by atoms with Gasteiger partial charge in [0.15, 0.2) is 5.96 Å². The lowest BCUT2D eigenvalue weighted by Crippen LogP contribution is -2.42. The minimum atomic E-state index is -0.235. The normalized spacial score (nSPS) is 16.4. The van der Waals surface area contributed by atoms with Crippen molar-refractivity contribution in [1.82, 2.24) is 20.6 Å². The highest BCUT2D eigenvalue weighted by atomic mass is 127. The van der Waals surface area contributed by atoms with Crippen LogP contribution in [0.2, 0.25) is 0 Å². The van der Waals surface area contributed by atoms with E-state index >= 15 is 0 Å². The Morgan fingerprint density at radius 2 is 2.06 bits per heavy atom. The Bertz CT molecular complexity index is 847. The lowest BCUT2D eigenvalue weighted by Gasteiger charge is -2.33. The van der Waals surface area contributed by atoms with Crippen LogP contribution < -0.4 is 21.3 Å². The number of carbonyl (C=O) groups is 1. The Kier molecular flexibility index (Phi) is 10.5. The third-order valence-electron chi connectivity index (χ3n) is 5.14. The predicted octanol–water partition coefficient (Wildman–Crippen LogP) is 2.09. The number of halogens is 1. The first-order valence-corrected chi connectivity index (χ1v) is 10.6. The van der Waals surface area contributed by atoms with E-state index in [1.165, 1.54) is 0 Å². The van der Waals surface area contributed by atoms with Gasteiger partial charge < -0.3 is 21.3 Å². The van der Waals surface area contributed by atoms with Crippen molar-refractivity contribution in [1.29, 1.82) is 0 Å². The molecule has 0 saturated carbocycles. The van der Waals surface area contributed by atoms with Crippen LogP contribution in [0.5, 0.6) is 0 Å². The van der Waals surface area contributed by atoms with Gasteiger partial charge in [-0.15, -0.1) is 24.0 Å². The molecular weight excluding hydrogens is 505 g/mol.